The summed E-state index contributed by atoms with van der Waals surface area (Å²) in [7, 11) is 1.30. The van der Waals surface area contributed by atoms with Crippen molar-refractivity contribution in [3.05, 3.63) is 57.1 Å². The molecule has 0 unspecified atom stereocenters. The van der Waals surface area contributed by atoms with Gasteiger partial charge in [0, 0.05) is 17.2 Å². The zero-order chi connectivity index (χ0) is 22.0. The molecule has 0 bridgehead atoms. The van der Waals surface area contributed by atoms with E-state index in [2.05, 4.69) is 10.3 Å². The number of thiophene rings is 1. The Balaban J connectivity index is 1.97. The molecule has 0 aliphatic heterocycles. The average Bonchev–Trinajstić information content (AvgIpc) is 2.98. The van der Waals surface area contributed by atoms with Crippen molar-refractivity contribution in [1.82, 2.24) is 4.98 Å². The fourth-order valence-electron chi connectivity index (χ4n) is 3.24. The van der Waals surface area contributed by atoms with Crippen LogP contribution in [0.25, 0.3) is 10.9 Å². The van der Waals surface area contributed by atoms with Gasteiger partial charge >= 0.3 is 11.9 Å². The molecule has 1 N–H and O–H groups in total. The van der Waals surface area contributed by atoms with E-state index in [-0.39, 0.29) is 18.1 Å². The van der Waals surface area contributed by atoms with Crippen molar-refractivity contribution in [2.45, 2.75) is 34.3 Å². The summed E-state index contributed by atoms with van der Waals surface area (Å²) in [6, 6.07) is 7.41. The van der Waals surface area contributed by atoms with Gasteiger partial charge in [-0.3, -0.25) is 4.79 Å². The van der Waals surface area contributed by atoms with Crippen LogP contribution in [0.3, 0.4) is 0 Å². The number of benzene rings is 1. The molecule has 0 aliphatic rings. The molecule has 1 aromatic carbocycles. The zero-order valence-electron chi connectivity index (χ0n) is 17.4. The lowest BCUT2D eigenvalue weighted by molar-refractivity contribution is -0.114. The van der Waals surface area contributed by atoms with Crippen molar-refractivity contribution in [2.75, 3.05) is 12.4 Å². The van der Waals surface area contributed by atoms with Crippen LogP contribution in [0.2, 0.25) is 0 Å². The van der Waals surface area contributed by atoms with E-state index in [9.17, 15) is 14.4 Å². The molecule has 30 heavy (non-hydrogen) atoms. The minimum atomic E-state index is -0.593. The Labute approximate surface area is 178 Å². The van der Waals surface area contributed by atoms with E-state index in [1.807, 2.05) is 38.1 Å². The number of hydrogen-bond donors (Lipinski definition) is 1. The topological polar surface area (TPSA) is 94.6 Å². The van der Waals surface area contributed by atoms with Gasteiger partial charge in [0.15, 0.2) is 0 Å². The molecule has 0 saturated carbocycles. The molecule has 0 aliphatic carbocycles. The normalized spacial score (nSPS) is 10.7. The highest BCUT2D eigenvalue weighted by Gasteiger charge is 2.24. The van der Waals surface area contributed by atoms with Crippen molar-refractivity contribution < 1.29 is 23.9 Å². The van der Waals surface area contributed by atoms with Gasteiger partial charge in [0.05, 0.1) is 29.4 Å². The third-order valence-electron chi connectivity index (χ3n) is 4.84. The Hall–Kier alpha value is -3.26. The Kier molecular flexibility index (Phi) is 6.17. The lowest BCUT2D eigenvalue weighted by Crippen LogP contribution is -2.15. The summed E-state index contributed by atoms with van der Waals surface area (Å²) in [5.41, 5.74) is 3.05. The molecular formula is C22H22N2O5S. The van der Waals surface area contributed by atoms with Crippen LogP contribution in [0, 0.1) is 20.8 Å². The molecule has 0 fully saturated rings. The van der Waals surface area contributed by atoms with E-state index >= 15 is 0 Å². The number of carbonyl (C=O) groups is 3. The van der Waals surface area contributed by atoms with Crippen LogP contribution >= 0.6 is 11.3 Å². The molecule has 3 rings (SSSR count). The maximum atomic E-state index is 12.8. The number of methoxy groups -OCH3 is 1. The zero-order valence-corrected chi connectivity index (χ0v) is 18.2. The van der Waals surface area contributed by atoms with Gasteiger partial charge in [0.2, 0.25) is 5.91 Å². The smallest absolute Gasteiger partial charge is 0.341 e. The van der Waals surface area contributed by atoms with Gasteiger partial charge in [-0.15, -0.1) is 11.3 Å². The second-order valence-electron chi connectivity index (χ2n) is 6.81. The third-order valence-corrected chi connectivity index (χ3v) is 5.96. The number of esters is 2. The van der Waals surface area contributed by atoms with Crippen LogP contribution in [0.5, 0.6) is 0 Å². The molecule has 8 heteroatoms. The van der Waals surface area contributed by atoms with Crippen molar-refractivity contribution >= 4 is 45.1 Å². The lowest BCUT2D eigenvalue weighted by Gasteiger charge is -2.14. The number of rotatable bonds is 5. The van der Waals surface area contributed by atoms with Gasteiger partial charge < -0.3 is 14.8 Å². The molecule has 7 nitrogen and oxygen atoms in total. The third kappa shape index (κ3) is 4.04. The van der Waals surface area contributed by atoms with Crippen LogP contribution in [0.4, 0.5) is 5.00 Å². The molecule has 1 amide bonds. The summed E-state index contributed by atoms with van der Waals surface area (Å²) in [5, 5.41) is 3.94. The quantitative estimate of drug-likeness (QED) is 0.611. The largest absolute Gasteiger partial charge is 0.465 e. The Morgan fingerprint density at radius 2 is 1.73 bits per heavy atom. The van der Waals surface area contributed by atoms with Crippen molar-refractivity contribution in [1.29, 1.82) is 0 Å². The van der Waals surface area contributed by atoms with Gasteiger partial charge in [-0.2, -0.15) is 0 Å². The summed E-state index contributed by atoms with van der Waals surface area (Å²) in [6.07, 6.45) is 0. The van der Waals surface area contributed by atoms with Gasteiger partial charge in [-0.1, -0.05) is 18.2 Å². The van der Waals surface area contributed by atoms with Crippen LogP contribution < -0.4 is 5.32 Å². The summed E-state index contributed by atoms with van der Waals surface area (Å²) in [4.78, 5) is 42.2. The Bertz CT molecular complexity index is 1170. The molecule has 2 heterocycles. The number of amides is 1. The highest BCUT2D eigenvalue weighted by Crippen LogP contribution is 2.33. The fraction of sp³-hybridized carbons (Fsp3) is 0.273. The van der Waals surface area contributed by atoms with E-state index in [0.717, 1.165) is 15.8 Å². The lowest BCUT2D eigenvalue weighted by atomic mass is 10.0. The molecule has 3 aromatic rings. The number of hydrogen-bond acceptors (Lipinski definition) is 7. The molecular weight excluding hydrogens is 404 g/mol. The highest BCUT2D eigenvalue weighted by atomic mass is 32.1. The predicted molar refractivity (Wildman–Crippen MR) is 115 cm³/mol. The minimum absolute atomic E-state index is 0.206. The van der Waals surface area contributed by atoms with Crippen LogP contribution in [-0.4, -0.2) is 29.9 Å². The van der Waals surface area contributed by atoms with Gasteiger partial charge in [-0.25, -0.2) is 14.6 Å². The number of nitrogens with zero attached hydrogens (tertiary/aromatic N) is 1. The summed E-state index contributed by atoms with van der Waals surface area (Å²) in [5.74, 6) is -1.41. The number of para-hydroxylation sites is 1. The van der Waals surface area contributed by atoms with E-state index in [4.69, 9.17) is 9.47 Å². The molecule has 156 valence electrons. The maximum Gasteiger partial charge on any atom is 0.341 e. The van der Waals surface area contributed by atoms with E-state index in [0.29, 0.717) is 27.3 Å². The first-order chi connectivity index (χ1) is 14.2. The molecule has 0 spiro atoms. The SMILES string of the molecule is COC(=O)c1c(COC(=O)c2c(NC(C)=O)sc(C)c2C)nc2ccccc2c1C. The monoisotopic (exact) mass is 426 g/mol. The molecule has 0 saturated heterocycles. The van der Waals surface area contributed by atoms with Crippen LogP contribution in [0.15, 0.2) is 24.3 Å². The van der Waals surface area contributed by atoms with E-state index < -0.39 is 11.9 Å². The van der Waals surface area contributed by atoms with Crippen LogP contribution in [0.1, 0.15) is 49.3 Å². The Morgan fingerprint density at radius 1 is 1.03 bits per heavy atom. The summed E-state index contributed by atoms with van der Waals surface area (Å²) < 4.78 is 10.4. The average molecular weight is 426 g/mol. The first-order valence-electron chi connectivity index (χ1n) is 9.25. The van der Waals surface area contributed by atoms with E-state index in [1.165, 1.54) is 25.4 Å². The van der Waals surface area contributed by atoms with Gasteiger partial charge in [0.1, 0.15) is 11.6 Å². The predicted octanol–water partition coefficient (Wildman–Crippen LogP) is 4.32. The van der Waals surface area contributed by atoms with Crippen molar-refractivity contribution in [3.8, 4) is 0 Å². The molecule has 2 aromatic heterocycles. The number of carbonyl (C=O) groups excluding carboxylic acids is 3. The van der Waals surface area contributed by atoms with Gasteiger partial charge in [-0.05, 0) is 38.0 Å². The number of aromatic nitrogens is 1. The first kappa shape index (κ1) is 21.4. The standard InChI is InChI=1S/C22H22N2O5S/c1-11-13(3)30-20(23-14(4)25)19(11)22(27)29-10-17-18(21(26)28-5)12(2)15-8-6-7-9-16(15)24-17/h6-9H,10H2,1-5H3,(H,23,25). The first-order valence-corrected chi connectivity index (χ1v) is 10.1. The number of pyridine rings is 1. The minimum Gasteiger partial charge on any atom is -0.465 e. The molecule has 0 radical (unpaired) electrons. The van der Waals surface area contributed by atoms with Crippen LogP contribution in [-0.2, 0) is 20.9 Å². The van der Waals surface area contributed by atoms with Gasteiger partial charge in [0.25, 0.3) is 0 Å². The van der Waals surface area contributed by atoms with Crippen molar-refractivity contribution in [2.24, 2.45) is 0 Å². The highest BCUT2D eigenvalue weighted by molar-refractivity contribution is 7.16. The number of fused-ring (bicyclic) bond motifs is 1. The number of aryl methyl sites for hydroxylation is 2. The maximum absolute atomic E-state index is 12.8. The Morgan fingerprint density at radius 3 is 2.40 bits per heavy atom. The number of nitrogens with one attached hydrogen (secondary N) is 1. The van der Waals surface area contributed by atoms with E-state index in [1.54, 1.807) is 6.92 Å². The second kappa shape index (κ2) is 8.62. The number of ether oxygens (including phenoxy) is 2. The fourth-order valence-corrected chi connectivity index (χ4v) is 4.34. The summed E-state index contributed by atoms with van der Waals surface area (Å²) in [6.45, 7) is 6.65. The molecule has 0 atom stereocenters. The number of anilines is 1. The second-order valence-corrected chi connectivity index (χ2v) is 8.04. The summed E-state index contributed by atoms with van der Waals surface area (Å²) >= 11 is 1.31. The van der Waals surface area contributed by atoms with Crippen molar-refractivity contribution in [3.63, 3.8) is 0 Å².